The van der Waals surface area contributed by atoms with Gasteiger partial charge in [0.1, 0.15) is 5.82 Å². The first-order valence-electron chi connectivity index (χ1n) is 5.63. The van der Waals surface area contributed by atoms with Gasteiger partial charge >= 0.3 is 0 Å². The molecule has 0 saturated heterocycles. The summed E-state index contributed by atoms with van der Waals surface area (Å²) in [4.78, 5) is 4.46. The third-order valence-electron chi connectivity index (χ3n) is 2.73. The Bertz CT molecular complexity index is 560. The first kappa shape index (κ1) is 13.4. The van der Waals surface area contributed by atoms with Crippen molar-refractivity contribution in [3.8, 4) is 0 Å². The third kappa shape index (κ3) is 2.86. The van der Waals surface area contributed by atoms with E-state index in [9.17, 15) is 0 Å². The molecule has 0 saturated carbocycles. The van der Waals surface area contributed by atoms with E-state index in [0.29, 0.717) is 22.1 Å². The average molecular weight is 285 g/mol. The lowest BCUT2D eigenvalue weighted by Gasteiger charge is -2.12. The molecule has 0 aliphatic heterocycles. The SMILES string of the molecule is COC(C)CNc1ccc2ccc(Cl)c(Cl)c2n1. The quantitative estimate of drug-likeness (QED) is 0.922. The lowest BCUT2D eigenvalue weighted by Crippen LogP contribution is -2.18. The second kappa shape index (κ2) is 5.74. The largest absolute Gasteiger partial charge is 0.380 e. The van der Waals surface area contributed by atoms with Crippen LogP contribution in [0.15, 0.2) is 24.3 Å². The molecule has 2 rings (SSSR count). The molecule has 1 heterocycles. The molecule has 1 aromatic heterocycles. The highest BCUT2D eigenvalue weighted by molar-refractivity contribution is 6.45. The summed E-state index contributed by atoms with van der Waals surface area (Å²) in [5, 5.41) is 5.16. The van der Waals surface area contributed by atoms with Gasteiger partial charge in [0, 0.05) is 19.0 Å². The minimum Gasteiger partial charge on any atom is -0.380 e. The monoisotopic (exact) mass is 284 g/mol. The van der Waals surface area contributed by atoms with Gasteiger partial charge in [-0.15, -0.1) is 0 Å². The number of nitrogens with one attached hydrogen (secondary N) is 1. The predicted molar refractivity (Wildman–Crippen MR) is 76.7 cm³/mol. The van der Waals surface area contributed by atoms with Gasteiger partial charge in [-0.1, -0.05) is 29.3 Å². The number of ether oxygens (including phenoxy) is 1. The summed E-state index contributed by atoms with van der Waals surface area (Å²) in [7, 11) is 1.68. The van der Waals surface area contributed by atoms with Crippen LogP contribution in [-0.2, 0) is 4.74 Å². The Morgan fingerprint density at radius 3 is 2.72 bits per heavy atom. The molecule has 1 aromatic carbocycles. The minimum atomic E-state index is 0.123. The maximum absolute atomic E-state index is 6.14. The fourth-order valence-electron chi connectivity index (χ4n) is 1.56. The maximum atomic E-state index is 6.14. The molecule has 5 heteroatoms. The number of halogens is 2. The first-order valence-corrected chi connectivity index (χ1v) is 6.39. The van der Waals surface area contributed by atoms with Crippen molar-refractivity contribution in [1.29, 1.82) is 0 Å². The van der Waals surface area contributed by atoms with Crippen molar-refractivity contribution >= 4 is 39.9 Å². The Morgan fingerprint density at radius 2 is 2.00 bits per heavy atom. The van der Waals surface area contributed by atoms with Crippen LogP contribution in [0.1, 0.15) is 6.92 Å². The molecule has 0 bridgehead atoms. The van der Waals surface area contributed by atoms with Crippen LogP contribution in [0.4, 0.5) is 5.82 Å². The number of benzene rings is 1. The highest BCUT2D eigenvalue weighted by Crippen LogP contribution is 2.30. The van der Waals surface area contributed by atoms with Gasteiger partial charge in [-0.05, 0) is 25.1 Å². The minimum absolute atomic E-state index is 0.123. The lowest BCUT2D eigenvalue weighted by atomic mass is 10.2. The molecule has 0 spiro atoms. The van der Waals surface area contributed by atoms with Gasteiger partial charge < -0.3 is 10.1 Å². The van der Waals surface area contributed by atoms with E-state index in [1.807, 2.05) is 25.1 Å². The smallest absolute Gasteiger partial charge is 0.126 e. The molecular weight excluding hydrogens is 271 g/mol. The molecule has 18 heavy (non-hydrogen) atoms. The molecule has 1 unspecified atom stereocenters. The van der Waals surface area contributed by atoms with Gasteiger partial charge in [0.05, 0.1) is 21.7 Å². The van der Waals surface area contributed by atoms with Gasteiger partial charge in [-0.25, -0.2) is 4.98 Å². The van der Waals surface area contributed by atoms with Crippen LogP contribution in [0.25, 0.3) is 10.9 Å². The Balaban J connectivity index is 2.29. The summed E-state index contributed by atoms with van der Waals surface area (Å²) < 4.78 is 5.16. The van der Waals surface area contributed by atoms with E-state index in [1.54, 1.807) is 13.2 Å². The van der Waals surface area contributed by atoms with Crippen molar-refractivity contribution in [2.24, 2.45) is 0 Å². The Hall–Kier alpha value is -1.03. The van der Waals surface area contributed by atoms with Crippen LogP contribution < -0.4 is 5.32 Å². The summed E-state index contributed by atoms with van der Waals surface area (Å²) in [6.07, 6.45) is 0.123. The number of methoxy groups -OCH3 is 1. The van der Waals surface area contributed by atoms with Gasteiger partial charge in [0.15, 0.2) is 0 Å². The number of aromatic nitrogens is 1. The van der Waals surface area contributed by atoms with Crippen molar-refractivity contribution in [2.45, 2.75) is 13.0 Å². The third-order valence-corrected chi connectivity index (χ3v) is 3.52. The van der Waals surface area contributed by atoms with Crippen molar-refractivity contribution in [3.63, 3.8) is 0 Å². The number of anilines is 1. The van der Waals surface area contributed by atoms with Gasteiger partial charge in [-0.2, -0.15) is 0 Å². The Kier molecular flexibility index (Phi) is 4.27. The van der Waals surface area contributed by atoms with Crippen LogP contribution in [0, 0.1) is 0 Å². The maximum Gasteiger partial charge on any atom is 0.126 e. The molecule has 96 valence electrons. The van der Waals surface area contributed by atoms with E-state index in [1.165, 1.54) is 0 Å². The normalized spacial score (nSPS) is 12.7. The molecule has 3 nitrogen and oxygen atoms in total. The molecule has 0 fully saturated rings. The van der Waals surface area contributed by atoms with Gasteiger partial charge in [0.25, 0.3) is 0 Å². The lowest BCUT2D eigenvalue weighted by molar-refractivity contribution is 0.128. The average Bonchev–Trinajstić information content (AvgIpc) is 2.40. The topological polar surface area (TPSA) is 34.1 Å². The number of hydrogen-bond acceptors (Lipinski definition) is 3. The zero-order chi connectivity index (χ0) is 13.1. The Labute approximate surface area is 116 Å². The number of nitrogens with zero attached hydrogens (tertiary/aromatic N) is 1. The van der Waals surface area contributed by atoms with Crippen molar-refractivity contribution in [1.82, 2.24) is 4.98 Å². The van der Waals surface area contributed by atoms with E-state index >= 15 is 0 Å². The number of rotatable bonds is 4. The van der Waals surface area contributed by atoms with Crippen LogP contribution in [0.5, 0.6) is 0 Å². The zero-order valence-electron chi connectivity index (χ0n) is 10.2. The zero-order valence-corrected chi connectivity index (χ0v) is 11.7. The van der Waals surface area contributed by atoms with Crippen molar-refractivity contribution < 1.29 is 4.74 Å². The summed E-state index contributed by atoms with van der Waals surface area (Å²) in [5.74, 6) is 0.760. The van der Waals surface area contributed by atoms with Crippen molar-refractivity contribution in [3.05, 3.63) is 34.3 Å². The molecule has 0 amide bonds. The number of pyridine rings is 1. The molecule has 1 N–H and O–H groups in total. The molecular formula is C13H14Cl2N2O. The van der Waals surface area contributed by atoms with E-state index < -0.39 is 0 Å². The van der Waals surface area contributed by atoms with Crippen molar-refractivity contribution in [2.75, 3.05) is 19.0 Å². The summed E-state index contributed by atoms with van der Waals surface area (Å²) in [6, 6.07) is 7.55. The van der Waals surface area contributed by atoms with Crippen LogP contribution in [-0.4, -0.2) is 24.7 Å². The van der Waals surface area contributed by atoms with E-state index in [-0.39, 0.29) is 6.10 Å². The van der Waals surface area contributed by atoms with E-state index in [2.05, 4.69) is 10.3 Å². The Morgan fingerprint density at radius 1 is 1.28 bits per heavy atom. The summed E-state index contributed by atoms with van der Waals surface area (Å²) in [6.45, 7) is 2.67. The highest BCUT2D eigenvalue weighted by Gasteiger charge is 2.07. The fourth-order valence-corrected chi connectivity index (χ4v) is 1.93. The molecule has 1 atom stereocenters. The van der Waals surface area contributed by atoms with E-state index in [0.717, 1.165) is 11.2 Å². The number of fused-ring (bicyclic) bond motifs is 1. The highest BCUT2D eigenvalue weighted by atomic mass is 35.5. The van der Waals surface area contributed by atoms with Crippen LogP contribution >= 0.6 is 23.2 Å². The number of hydrogen-bond donors (Lipinski definition) is 1. The molecule has 0 radical (unpaired) electrons. The summed E-state index contributed by atoms with van der Waals surface area (Å²) in [5.41, 5.74) is 0.708. The first-order chi connectivity index (χ1) is 8.61. The van der Waals surface area contributed by atoms with E-state index in [4.69, 9.17) is 27.9 Å². The summed E-state index contributed by atoms with van der Waals surface area (Å²) >= 11 is 12.1. The standard InChI is InChI=1S/C13H14Cl2N2O/c1-8(18-2)7-16-11-6-4-9-3-5-10(14)12(15)13(9)17-11/h3-6,8H,7H2,1-2H3,(H,16,17). The second-order valence-corrected chi connectivity index (χ2v) is 4.84. The predicted octanol–water partition coefficient (Wildman–Crippen LogP) is 3.99. The van der Waals surface area contributed by atoms with Gasteiger partial charge in [-0.3, -0.25) is 0 Å². The van der Waals surface area contributed by atoms with Crippen LogP contribution in [0.2, 0.25) is 10.0 Å². The van der Waals surface area contributed by atoms with Crippen LogP contribution in [0.3, 0.4) is 0 Å². The molecule has 2 aromatic rings. The van der Waals surface area contributed by atoms with Gasteiger partial charge in [0.2, 0.25) is 0 Å². The second-order valence-electron chi connectivity index (χ2n) is 4.06. The fraction of sp³-hybridized carbons (Fsp3) is 0.308. The molecule has 0 aliphatic rings. The molecule has 0 aliphatic carbocycles.